The van der Waals surface area contributed by atoms with Crippen LogP contribution in [-0.2, 0) is 4.79 Å². The summed E-state index contributed by atoms with van der Waals surface area (Å²) in [6.45, 7) is 6.69. The van der Waals surface area contributed by atoms with E-state index in [9.17, 15) is 4.79 Å². The number of carbonyl (C=O) groups is 1. The molecule has 2 aliphatic carbocycles. The first kappa shape index (κ1) is 12.3. The molecule has 1 nitrogen and oxygen atoms in total. The van der Waals surface area contributed by atoms with E-state index in [0.717, 1.165) is 18.2 Å². The van der Waals surface area contributed by atoms with Gasteiger partial charge in [0.1, 0.15) is 0 Å². The zero-order chi connectivity index (χ0) is 12.0. The number of halogens is 1. The summed E-state index contributed by atoms with van der Waals surface area (Å²) in [4.78, 5) is 12.2. The van der Waals surface area contributed by atoms with Gasteiger partial charge >= 0.3 is 0 Å². The third-order valence-electron chi connectivity index (χ3n) is 5.20. The molecule has 0 bridgehead atoms. The fourth-order valence-corrected chi connectivity index (χ4v) is 4.52. The molecule has 1 fully saturated rings. The molecule has 90 valence electrons. The summed E-state index contributed by atoms with van der Waals surface area (Å²) in [6, 6.07) is 0. The van der Waals surface area contributed by atoms with Gasteiger partial charge in [-0.05, 0) is 44.6 Å². The van der Waals surface area contributed by atoms with Crippen LogP contribution in [0, 0.1) is 16.7 Å². The average Bonchev–Trinajstić information content (AvgIpc) is 2.60. The number of fused-ring (bicyclic) bond motifs is 1. The quantitative estimate of drug-likeness (QED) is 0.713. The van der Waals surface area contributed by atoms with Crippen molar-refractivity contribution in [1.82, 2.24) is 0 Å². The molecule has 3 atom stereocenters. The van der Waals surface area contributed by atoms with Crippen molar-refractivity contribution in [2.45, 2.75) is 46.5 Å². The molecule has 0 amide bonds. The van der Waals surface area contributed by atoms with Gasteiger partial charge in [-0.3, -0.25) is 4.79 Å². The molecular weight excluding hydrogens is 264 g/mol. The van der Waals surface area contributed by atoms with Crippen LogP contribution >= 0.6 is 15.9 Å². The Kier molecular flexibility index (Phi) is 3.07. The summed E-state index contributed by atoms with van der Waals surface area (Å²) in [5.74, 6) is 1.03. The van der Waals surface area contributed by atoms with Crippen LogP contribution in [0.15, 0.2) is 11.6 Å². The van der Waals surface area contributed by atoms with Crippen molar-refractivity contribution >= 4 is 21.7 Å². The number of carbonyl (C=O) groups excluding carboxylic acids is 1. The molecule has 2 heteroatoms. The fraction of sp³-hybridized carbons (Fsp3) is 0.786. The van der Waals surface area contributed by atoms with E-state index < -0.39 is 0 Å². The monoisotopic (exact) mass is 284 g/mol. The van der Waals surface area contributed by atoms with Crippen molar-refractivity contribution in [1.29, 1.82) is 0 Å². The van der Waals surface area contributed by atoms with Crippen LogP contribution in [0.25, 0.3) is 0 Å². The highest BCUT2D eigenvalue weighted by Crippen LogP contribution is 2.65. The van der Waals surface area contributed by atoms with Gasteiger partial charge in [-0.2, -0.15) is 0 Å². The van der Waals surface area contributed by atoms with E-state index in [0.29, 0.717) is 11.7 Å². The van der Waals surface area contributed by atoms with E-state index in [-0.39, 0.29) is 10.8 Å². The molecule has 0 aromatic carbocycles. The molecular formula is C14H21BrO. The fourth-order valence-electron chi connectivity index (χ4n) is 4.24. The highest BCUT2D eigenvalue weighted by molar-refractivity contribution is 9.09. The molecule has 0 unspecified atom stereocenters. The summed E-state index contributed by atoms with van der Waals surface area (Å²) < 4.78 is 0. The standard InChI is InChI=1S/C14H21BrO/c1-10-5-7-13(3)12(16)9-11(2)14(10,13)6-4-8-15/h9-10H,4-8H2,1-3H3/t10-,13+,14-/m1/s1. The first-order valence-corrected chi connectivity index (χ1v) is 7.40. The molecule has 16 heavy (non-hydrogen) atoms. The van der Waals surface area contributed by atoms with E-state index in [1.807, 2.05) is 6.08 Å². The van der Waals surface area contributed by atoms with Crippen LogP contribution in [0.1, 0.15) is 46.5 Å². The number of allylic oxidation sites excluding steroid dienone is 2. The van der Waals surface area contributed by atoms with Gasteiger partial charge in [0.2, 0.25) is 0 Å². The summed E-state index contributed by atoms with van der Waals surface area (Å²) in [5, 5.41) is 1.04. The molecule has 0 aromatic heterocycles. The maximum Gasteiger partial charge on any atom is 0.162 e. The first-order valence-electron chi connectivity index (χ1n) is 6.28. The molecule has 0 spiro atoms. The third kappa shape index (κ3) is 1.32. The molecule has 0 radical (unpaired) electrons. The van der Waals surface area contributed by atoms with Crippen LogP contribution in [0.3, 0.4) is 0 Å². The number of alkyl halides is 1. The Hall–Kier alpha value is -0.110. The van der Waals surface area contributed by atoms with Crippen LogP contribution in [0.4, 0.5) is 0 Å². The van der Waals surface area contributed by atoms with Crippen LogP contribution < -0.4 is 0 Å². The second-order valence-electron chi connectivity index (χ2n) is 5.73. The Balaban J connectivity index is 2.42. The van der Waals surface area contributed by atoms with Crippen LogP contribution in [0.5, 0.6) is 0 Å². The summed E-state index contributed by atoms with van der Waals surface area (Å²) in [7, 11) is 0. The Morgan fingerprint density at radius 1 is 1.56 bits per heavy atom. The Bertz CT molecular complexity index is 347. The first-order chi connectivity index (χ1) is 7.49. The lowest BCUT2D eigenvalue weighted by Crippen LogP contribution is -2.40. The second kappa shape index (κ2) is 3.97. The van der Waals surface area contributed by atoms with Crippen molar-refractivity contribution in [3.8, 4) is 0 Å². The highest BCUT2D eigenvalue weighted by atomic mass is 79.9. The minimum absolute atomic E-state index is 0.0985. The number of hydrogen-bond acceptors (Lipinski definition) is 1. The Morgan fingerprint density at radius 3 is 2.88 bits per heavy atom. The topological polar surface area (TPSA) is 17.1 Å². The summed E-state index contributed by atoms with van der Waals surface area (Å²) in [6.07, 6.45) is 6.52. The molecule has 1 saturated carbocycles. The lowest BCUT2D eigenvalue weighted by molar-refractivity contribution is -0.126. The molecule has 0 aromatic rings. The zero-order valence-corrected chi connectivity index (χ0v) is 12.1. The minimum Gasteiger partial charge on any atom is -0.294 e. The smallest absolute Gasteiger partial charge is 0.162 e. The van der Waals surface area contributed by atoms with Crippen molar-refractivity contribution in [2.75, 3.05) is 5.33 Å². The van der Waals surface area contributed by atoms with Gasteiger partial charge in [0.05, 0.1) is 0 Å². The van der Waals surface area contributed by atoms with Gasteiger partial charge in [0.15, 0.2) is 5.78 Å². The number of rotatable bonds is 3. The minimum atomic E-state index is -0.0985. The average molecular weight is 285 g/mol. The van der Waals surface area contributed by atoms with E-state index in [4.69, 9.17) is 0 Å². The Morgan fingerprint density at radius 2 is 2.25 bits per heavy atom. The van der Waals surface area contributed by atoms with Gasteiger partial charge in [-0.15, -0.1) is 0 Å². The predicted octanol–water partition coefficient (Wildman–Crippen LogP) is 4.11. The van der Waals surface area contributed by atoms with E-state index in [1.54, 1.807) is 0 Å². The van der Waals surface area contributed by atoms with Crippen molar-refractivity contribution in [2.24, 2.45) is 16.7 Å². The molecule has 0 heterocycles. The molecule has 2 rings (SSSR count). The molecule has 0 aliphatic heterocycles. The largest absolute Gasteiger partial charge is 0.294 e. The summed E-state index contributed by atoms with van der Waals surface area (Å²) >= 11 is 3.52. The van der Waals surface area contributed by atoms with Crippen molar-refractivity contribution in [3.05, 3.63) is 11.6 Å². The van der Waals surface area contributed by atoms with Crippen LogP contribution in [-0.4, -0.2) is 11.1 Å². The number of ketones is 1. The third-order valence-corrected chi connectivity index (χ3v) is 5.76. The van der Waals surface area contributed by atoms with Gasteiger partial charge in [-0.1, -0.05) is 35.4 Å². The molecule has 0 saturated heterocycles. The Labute approximate surface area is 107 Å². The second-order valence-corrected chi connectivity index (χ2v) is 6.52. The van der Waals surface area contributed by atoms with Gasteiger partial charge < -0.3 is 0 Å². The van der Waals surface area contributed by atoms with Gasteiger partial charge in [0, 0.05) is 16.2 Å². The zero-order valence-electron chi connectivity index (χ0n) is 10.5. The lowest BCUT2D eigenvalue weighted by atomic mass is 9.60. The van der Waals surface area contributed by atoms with E-state index >= 15 is 0 Å². The maximum absolute atomic E-state index is 12.2. The predicted molar refractivity (Wildman–Crippen MR) is 70.7 cm³/mol. The van der Waals surface area contributed by atoms with Gasteiger partial charge in [0.25, 0.3) is 0 Å². The van der Waals surface area contributed by atoms with Crippen LogP contribution in [0.2, 0.25) is 0 Å². The van der Waals surface area contributed by atoms with Crippen molar-refractivity contribution in [3.63, 3.8) is 0 Å². The maximum atomic E-state index is 12.2. The van der Waals surface area contributed by atoms with E-state index in [2.05, 4.69) is 36.7 Å². The van der Waals surface area contributed by atoms with E-state index in [1.165, 1.54) is 18.4 Å². The molecule has 0 N–H and O–H groups in total. The van der Waals surface area contributed by atoms with Gasteiger partial charge in [-0.25, -0.2) is 0 Å². The summed E-state index contributed by atoms with van der Waals surface area (Å²) in [5.41, 5.74) is 1.40. The normalized spacial score (nSPS) is 42.4. The number of hydrogen-bond donors (Lipinski definition) is 0. The molecule has 2 aliphatic rings. The SMILES string of the molecule is CC1=CC(=O)[C@]2(C)CC[C@@H](C)[C@]12CCCBr. The van der Waals surface area contributed by atoms with Crippen molar-refractivity contribution < 1.29 is 4.79 Å². The lowest BCUT2D eigenvalue weighted by Gasteiger charge is -2.42. The highest BCUT2D eigenvalue weighted by Gasteiger charge is 2.62.